The largest absolute Gasteiger partial charge is 0.490 e. The van der Waals surface area contributed by atoms with Crippen molar-refractivity contribution in [2.24, 2.45) is 0 Å². The number of hydrogen-bond donors (Lipinski definition) is 5. The highest BCUT2D eigenvalue weighted by molar-refractivity contribution is 7.99. The average Bonchev–Trinajstić information content (AvgIpc) is 4.08. The second kappa shape index (κ2) is 17.8. The fourth-order valence-electron chi connectivity index (χ4n) is 6.01. The first-order chi connectivity index (χ1) is 24.8. The lowest BCUT2D eigenvalue weighted by Crippen LogP contribution is -2.53. The molecule has 4 atom stereocenters. The molecule has 0 bridgehead atoms. The summed E-state index contributed by atoms with van der Waals surface area (Å²) in [7, 11) is -3.30. The molecule has 0 unspecified atom stereocenters. The van der Waals surface area contributed by atoms with Crippen molar-refractivity contribution in [3.63, 3.8) is 0 Å². The van der Waals surface area contributed by atoms with Gasteiger partial charge in [0.2, 0.25) is 0 Å². The van der Waals surface area contributed by atoms with Crippen LogP contribution in [0.2, 0.25) is 0 Å². The van der Waals surface area contributed by atoms with Gasteiger partial charge >= 0.3 is 0 Å². The van der Waals surface area contributed by atoms with E-state index in [0.29, 0.717) is 18.8 Å². The lowest BCUT2D eigenvalue weighted by Gasteiger charge is -2.30. The molecule has 2 saturated carbocycles. The first kappa shape index (κ1) is 40.1. The third-order valence-electron chi connectivity index (χ3n) is 9.44. The Labute approximate surface area is 309 Å². The number of amides is 1. The summed E-state index contributed by atoms with van der Waals surface area (Å²) in [4.78, 5) is 19.8. The molecule has 2 aliphatic carbocycles. The van der Waals surface area contributed by atoms with E-state index in [9.17, 15) is 33.6 Å². The molecule has 14 heteroatoms. The standard InChI is InChI=1S/C38H50N2O10S2/c1-25-9-12-28(51-19-5-17-40(18-6-20-52(2,47)48)37(46)36(45)35(44)34(43)32(42)23-41)21-26(25)24-49-38(14-15-38)31-22-39-16-13-29(31)30-7-3-4-8-33(30)50-27-10-11-27/h3-4,7-9,12-13,16,21-22,27,32,34-36,41-45H,5-6,10-11,14-15,17-20,23-24H2,1-2H3/t32-,34+,35-,36-/m0/s1. The van der Waals surface area contributed by atoms with Crippen LogP contribution in [0, 0.1) is 6.92 Å². The number of aliphatic hydroxyl groups is 5. The Bertz CT molecular complexity index is 1770. The highest BCUT2D eigenvalue weighted by Gasteiger charge is 2.48. The molecule has 1 heterocycles. The molecule has 2 aliphatic rings. The van der Waals surface area contributed by atoms with Gasteiger partial charge in [-0.05, 0) is 92.2 Å². The molecule has 0 aliphatic heterocycles. The van der Waals surface area contributed by atoms with Crippen molar-refractivity contribution in [3.8, 4) is 16.9 Å². The summed E-state index contributed by atoms with van der Waals surface area (Å²) in [5.41, 5.74) is 4.86. The molecule has 2 fully saturated rings. The Morgan fingerprint density at radius 1 is 1.02 bits per heavy atom. The average molecular weight is 759 g/mol. The van der Waals surface area contributed by atoms with Crippen molar-refractivity contribution in [3.05, 3.63) is 77.6 Å². The van der Waals surface area contributed by atoms with E-state index in [1.807, 2.05) is 49.5 Å². The van der Waals surface area contributed by atoms with Gasteiger partial charge in [-0.25, -0.2) is 8.42 Å². The summed E-state index contributed by atoms with van der Waals surface area (Å²) in [6, 6.07) is 16.3. The first-order valence-corrected chi connectivity index (χ1v) is 20.7. The van der Waals surface area contributed by atoms with E-state index in [-0.39, 0.29) is 31.4 Å². The molecule has 0 radical (unpaired) electrons. The zero-order valence-electron chi connectivity index (χ0n) is 29.6. The van der Waals surface area contributed by atoms with Crippen molar-refractivity contribution in [1.82, 2.24) is 9.88 Å². The molecule has 0 saturated heterocycles. The van der Waals surface area contributed by atoms with Crippen LogP contribution < -0.4 is 4.74 Å². The number of hydrogen-bond acceptors (Lipinski definition) is 12. The Balaban J connectivity index is 1.20. The number of para-hydroxylation sites is 1. The number of aryl methyl sites for hydroxylation is 1. The molecule has 284 valence electrons. The Hall–Kier alpha value is -3.08. The number of nitrogens with zero attached hydrogens (tertiary/aromatic N) is 2. The normalized spacial score (nSPS) is 17.6. The van der Waals surface area contributed by atoms with Gasteiger partial charge in [0.15, 0.2) is 6.10 Å². The number of carbonyl (C=O) groups excluding carboxylic acids is 1. The predicted molar refractivity (Wildman–Crippen MR) is 198 cm³/mol. The van der Waals surface area contributed by atoms with Gasteiger partial charge in [0.05, 0.1) is 30.7 Å². The molecule has 5 N–H and O–H groups in total. The van der Waals surface area contributed by atoms with Crippen LogP contribution in [0.3, 0.4) is 0 Å². The second-order valence-corrected chi connectivity index (χ2v) is 17.2. The van der Waals surface area contributed by atoms with Gasteiger partial charge in [-0.3, -0.25) is 9.78 Å². The van der Waals surface area contributed by atoms with E-state index < -0.39 is 52.4 Å². The van der Waals surface area contributed by atoms with Crippen LogP contribution in [0.15, 0.2) is 65.8 Å². The quantitative estimate of drug-likeness (QED) is 0.0792. The van der Waals surface area contributed by atoms with Gasteiger partial charge in [0.25, 0.3) is 5.91 Å². The molecule has 3 aromatic rings. The maximum absolute atomic E-state index is 13.1. The molecular formula is C38H50N2O10S2. The van der Waals surface area contributed by atoms with Crippen LogP contribution in [0.4, 0.5) is 0 Å². The number of pyridine rings is 1. The number of benzene rings is 2. The SMILES string of the molecule is Cc1ccc(SCCCN(CCCS(C)(=O)=O)C(=O)[C@@H](O)[C@@H](O)[C@H](O)[C@@H](O)CO)cc1COC1(c2cnccc2-c2ccccc2OC2CC2)CC1. The maximum Gasteiger partial charge on any atom is 0.254 e. The third kappa shape index (κ3) is 10.8. The third-order valence-corrected chi connectivity index (χ3v) is 11.5. The zero-order chi connectivity index (χ0) is 37.5. The van der Waals surface area contributed by atoms with Gasteiger partial charge in [-0.1, -0.05) is 24.3 Å². The van der Waals surface area contributed by atoms with E-state index in [1.54, 1.807) is 18.0 Å². The molecule has 52 heavy (non-hydrogen) atoms. The highest BCUT2D eigenvalue weighted by Crippen LogP contribution is 2.53. The number of aromatic nitrogens is 1. The Kier molecular flexibility index (Phi) is 13.8. The van der Waals surface area contributed by atoms with Gasteiger partial charge < -0.3 is 39.9 Å². The smallest absolute Gasteiger partial charge is 0.254 e. The Morgan fingerprint density at radius 3 is 2.44 bits per heavy atom. The lowest BCUT2D eigenvalue weighted by molar-refractivity contribution is -0.158. The number of carbonyl (C=O) groups is 1. The van der Waals surface area contributed by atoms with Crippen molar-refractivity contribution in [2.75, 3.05) is 37.5 Å². The van der Waals surface area contributed by atoms with E-state index in [2.05, 4.69) is 17.1 Å². The predicted octanol–water partition coefficient (Wildman–Crippen LogP) is 2.99. The summed E-state index contributed by atoms with van der Waals surface area (Å²) >= 11 is 1.58. The van der Waals surface area contributed by atoms with E-state index in [0.717, 1.165) is 70.4 Å². The summed E-state index contributed by atoms with van der Waals surface area (Å²) < 4.78 is 36.3. The highest BCUT2D eigenvalue weighted by atomic mass is 32.2. The summed E-state index contributed by atoms with van der Waals surface area (Å²) in [6.45, 7) is 1.74. The minimum atomic E-state index is -3.30. The first-order valence-electron chi connectivity index (χ1n) is 17.7. The summed E-state index contributed by atoms with van der Waals surface area (Å²) in [6.07, 6.45) is 1.77. The number of thioether (sulfide) groups is 1. The van der Waals surface area contributed by atoms with Crippen LogP contribution >= 0.6 is 11.8 Å². The van der Waals surface area contributed by atoms with Crippen molar-refractivity contribution in [1.29, 1.82) is 0 Å². The van der Waals surface area contributed by atoms with Crippen molar-refractivity contribution in [2.45, 2.75) is 93.1 Å². The molecular weight excluding hydrogens is 709 g/mol. The summed E-state index contributed by atoms with van der Waals surface area (Å²) in [5, 5.41) is 49.5. The molecule has 1 aromatic heterocycles. The molecule has 5 rings (SSSR count). The maximum atomic E-state index is 13.1. The van der Waals surface area contributed by atoms with Gasteiger partial charge in [0, 0.05) is 47.8 Å². The fraction of sp³-hybridized carbons (Fsp3) is 0.526. The molecule has 2 aromatic carbocycles. The lowest BCUT2D eigenvalue weighted by atomic mass is 9.96. The van der Waals surface area contributed by atoms with Crippen molar-refractivity contribution >= 4 is 27.5 Å². The number of rotatable bonds is 21. The van der Waals surface area contributed by atoms with E-state index in [1.165, 1.54) is 4.90 Å². The monoisotopic (exact) mass is 758 g/mol. The molecule has 0 spiro atoms. The van der Waals surface area contributed by atoms with Crippen LogP contribution in [0.25, 0.3) is 11.1 Å². The van der Waals surface area contributed by atoms with Crippen LogP contribution in [-0.4, -0.2) is 118 Å². The minimum absolute atomic E-state index is 0.00451. The molecule has 1 amide bonds. The van der Waals surface area contributed by atoms with Crippen LogP contribution in [0.1, 0.15) is 55.2 Å². The van der Waals surface area contributed by atoms with Gasteiger partial charge in [0.1, 0.15) is 33.9 Å². The number of aliphatic hydroxyl groups excluding tert-OH is 5. The van der Waals surface area contributed by atoms with Crippen molar-refractivity contribution < 1.29 is 48.2 Å². The molecule has 12 nitrogen and oxygen atoms in total. The fourth-order valence-corrected chi connectivity index (χ4v) is 7.57. The number of ether oxygens (including phenoxy) is 2. The Morgan fingerprint density at radius 2 is 1.75 bits per heavy atom. The van der Waals surface area contributed by atoms with Gasteiger partial charge in [-0.15, -0.1) is 11.8 Å². The minimum Gasteiger partial charge on any atom is -0.490 e. The second-order valence-electron chi connectivity index (χ2n) is 13.8. The van der Waals surface area contributed by atoms with E-state index in [4.69, 9.17) is 14.6 Å². The topological polar surface area (TPSA) is 187 Å². The summed E-state index contributed by atoms with van der Waals surface area (Å²) in [5.74, 6) is 0.389. The van der Waals surface area contributed by atoms with E-state index >= 15 is 0 Å². The van der Waals surface area contributed by atoms with Crippen LogP contribution in [-0.2, 0) is 31.6 Å². The van der Waals surface area contributed by atoms with Gasteiger partial charge in [-0.2, -0.15) is 0 Å². The van der Waals surface area contributed by atoms with Crippen LogP contribution in [0.5, 0.6) is 5.75 Å². The zero-order valence-corrected chi connectivity index (χ0v) is 31.3. The number of sulfone groups is 1.